The van der Waals surface area contributed by atoms with Crippen LogP contribution < -0.4 is 4.74 Å². The predicted octanol–water partition coefficient (Wildman–Crippen LogP) is 5.13. The molecule has 6 nitrogen and oxygen atoms in total. The molecule has 1 fully saturated rings. The Labute approximate surface area is 176 Å². The first-order valence-corrected chi connectivity index (χ1v) is 9.99. The van der Waals surface area contributed by atoms with Crippen molar-refractivity contribution in [2.24, 2.45) is 5.92 Å². The second kappa shape index (κ2) is 7.73. The van der Waals surface area contributed by atoms with E-state index in [1.54, 1.807) is 11.1 Å². The summed E-state index contributed by atoms with van der Waals surface area (Å²) in [6, 6.07) is 15.1. The molecule has 1 unspecified atom stereocenters. The molecule has 1 atom stereocenters. The maximum atomic E-state index is 12.9. The van der Waals surface area contributed by atoms with Crippen LogP contribution in [0.25, 0.3) is 22.3 Å². The van der Waals surface area contributed by atoms with Gasteiger partial charge in [-0.25, -0.2) is 4.98 Å². The van der Waals surface area contributed by atoms with E-state index in [1.165, 1.54) is 0 Å². The fourth-order valence-corrected chi connectivity index (χ4v) is 3.89. The highest BCUT2D eigenvalue weighted by Crippen LogP contribution is 2.34. The molecule has 0 bridgehead atoms. The number of halogens is 3. The van der Waals surface area contributed by atoms with Gasteiger partial charge in [-0.05, 0) is 61.0 Å². The van der Waals surface area contributed by atoms with Crippen molar-refractivity contribution in [1.29, 1.82) is 0 Å². The molecule has 0 saturated carbocycles. The van der Waals surface area contributed by atoms with Crippen molar-refractivity contribution in [2.75, 3.05) is 13.1 Å². The third-order valence-electron chi connectivity index (χ3n) is 5.51. The normalized spacial score (nSPS) is 17.5. The Hall–Kier alpha value is -3.33. The highest BCUT2D eigenvalue weighted by molar-refractivity contribution is 5.77. The average molecular weight is 427 g/mol. The largest absolute Gasteiger partial charge is 0.457 e. The van der Waals surface area contributed by atoms with Gasteiger partial charge in [-0.15, -0.1) is 0 Å². The monoisotopic (exact) mass is 427 g/mol. The number of H-pyrrole nitrogens is 2. The Morgan fingerprint density at radius 2 is 1.87 bits per heavy atom. The van der Waals surface area contributed by atoms with Gasteiger partial charge in [0.25, 0.3) is 0 Å². The number of fused-ring (bicyclic) bond motifs is 1. The van der Waals surface area contributed by atoms with Gasteiger partial charge in [-0.3, -0.25) is 10.00 Å². The molecule has 4 aromatic rings. The van der Waals surface area contributed by atoms with E-state index in [1.807, 2.05) is 48.5 Å². The van der Waals surface area contributed by atoms with Crippen LogP contribution in [0.5, 0.6) is 11.5 Å². The lowest BCUT2D eigenvalue weighted by molar-refractivity contribution is -0.170. The van der Waals surface area contributed by atoms with E-state index in [9.17, 15) is 13.2 Å². The van der Waals surface area contributed by atoms with Gasteiger partial charge in [0, 0.05) is 18.8 Å². The maximum Gasteiger partial charge on any atom is 0.393 e. The summed E-state index contributed by atoms with van der Waals surface area (Å²) in [6.07, 6.45) is -2.29. The molecule has 1 saturated heterocycles. The fraction of sp³-hybridized carbons (Fsp3) is 0.273. The zero-order chi connectivity index (χ0) is 21.4. The van der Waals surface area contributed by atoms with E-state index >= 15 is 0 Å². The van der Waals surface area contributed by atoms with Crippen molar-refractivity contribution in [1.82, 2.24) is 25.1 Å². The molecule has 9 heteroatoms. The molecular weight excluding hydrogens is 407 g/mol. The Bertz CT molecular complexity index is 1170. The molecule has 5 rings (SSSR count). The summed E-state index contributed by atoms with van der Waals surface area (Å²) in [6.45, 7) is 0.806. The Kier molecular flexibility index (Phi) is 4.90. The molecule has 31 heavy (non-hydrogen) atoms. The molecule has 1 aliphatic rings. The van der Waals surface area contributed by atoms with Crippen LogP contribution in [0.1, 0.15) is 12.2 Å². The second-order valence-corrected chi connectivity index (χ2v) is 7.72. The van der Waals surface area contributed by atoms with Crippen molar-refractivity contribution in [3.8, 4) is 22.8 Å². The van der Waals surface area contributed by atoms with E-state index in [2.05, 4.69) is 20.2 Å². The topological polar surface area (TPSA) is 69.8 Å². The van der Waals surface area contributed by atoms with Crippen molar-refractivity contribution in [3.63, 3.8) is 0 Å². The van der Waals surface area contributed by atoms with Crippen LogP contribution in [-0.4, -0.2) is 44.3 Å². The van der Waals surface area contributed by atoms with Crippen LogP contribution in [-0.2, 0) is 6.54 Å². The zero-order valence-electron chi connectivity index (χ0n) is 16.5. The van der Waals surface area contributed by atoms with E-state index in [4.69, 9.17) is 4.74 Å². The van der Waals surface area contributed by atoms with Crippen LogP contribution in [0, 0.1) is 5.92 Å². The minimum Gasteiger partial charge on any atom is -0.457 e. The third-order valence-corrected chi connectivity index (χ3v) is 5.51. The van der Waals surface area contributed by atoms with Gasteiger partial charge in [-0.1, -0.05) is 0 Å². The lowest BCUT2D eigenvalue weighted by Gasteiger charge is -2.16. The molecule has 160 valence electrons. The summed E-state index contributed by atoms with van der Waals surface area (Å²) in [4.78, 5) is 9.52. The SMILES string of the molecule is FC(F)(F)C1CCN(Cc2nc3cc(Oc4ccc(-c5ccn[nH]5)cc4)ccc3[nH]2)C1. The van der Waals surface area contributed by atoms with Crippen molar-refractivity contribution in [2.45, 2.75) is 19.1 Å². The Morgan fingerprint density at radius 1 is 1.06 bits per heavy atom. The van der Waals surface area contributed by atoms with Gasteiger partial charge in [-0.2, -0.15) is 18.3 Å². The molecule has 0 aliphatic carbocycles. The Morgan fingerprint density at radius 3 is 2.58 bits per heavy atom. The van der Waals surface area contributed by atoms with E-state index < -0.39 is 12.1 Å². The quantitative estimate of drug-likeness (QED) is 0.463. The number of aromatic nitrogens is 4. The molecule has 2 aromatic heterocycles. The van der Waals surface area contributed by atoms with Crippen LogP contribution in [0.3, 0.4) is 0 Å². The molecule has 0 spiro atoms. The van der Waals surface area contributed by atoms with Gasteiger partial charge in [0.05, 0.1) is 29.2 Å². The van der Waals surface area contributed by atoms with Crippen LogP contribution in [0.2, 0.25) is 0 Å². The molecule has 0 radical (unpaired) electrons. The summed E-state index contributed by atoms with van der Waals surface area (Å²) in [5, 5.41) is 6.87. The first kappa shape index (κ1) is 19.6. The molecule has 2 aromatic carbocycles. The number of aromatic amines is 2. The average Bonchev–Trinajstić information content (AvgIpc) is 3.49. The van der Waals surface area contributed by atoms with Crippen LogP contribution in [0.4, 0.5) is 13.2 Å². The lowest BCUT2D eigenvalue weighted by atomic mass is 10.1. The first-order valence-electron chi connectivity index (χ1n) is 9.99. The standard InChI is InChI=1S/C22H20F3N5O/c23-22(24,25)15-8-10-30(12-15)13-21-27-19-6-5-17(11-20(19)28-21)31-16-3-1-14(2-4-16)18-7-9-26-29-18/h1-7,9,11,15H,8,10,12-13H2,(H,26,29)(H,27,28). The summed E-state index contributed by atoms with van der Waals surface area (Å²) < 4.78 is 44.6. The number of likely N-dealkylation sites (tertiary alicyclic amines) is 1. The zero-order valence-corrected chi connectivity index (χ0v) is 16.5. The highest BCUT2D eigenvalue weighted by atomic mass is 19.4. The number of ether oxygens (including phenoxy) is 1. The molecule has 3 heterocycles. The van der Waals surface area contributed by atoms with E-state index in [0.29, 0.717) is 35.9 Å². The fourth-order valence-electron chi connectivity index (χ4n) is 3.89. The van der Waals surface area contributed by atoms with Gasteiger partial charge in [0.2, 0.25) is 0 Å². The lowest BCUT2D eigenvalue weighted by Crippen LogP contribution is -2.27. The summed E-state index contributed by atoms with van der Waals surface area (Å²) in [5.41, 5.74) is 3.47. The van der Waals surface area contributed by atoms with Gasteiger partial charge in [0.15, 0.2) is 0 Å². The Balaban J connectivity index is 1.26. The third kappa shape index (κ3) is 4.27. The number of nitrogens with one attached hydrogen (secondary N) is 2. The number of alkyl halides is 3. The van der Waals surface area contributed by atoms with Crippen molar-refractivity contribution < 1.29 is 17.9 Å². The minimum absolute atomic E-state index is 0.0173. The molecule has 0 amide bonds. The van der Waals surface area contributed by atoms with E-state index in [0.717, 1.165) is 16.8 Å². The second-order valence-electron chi connectivity index (χ2n) is 7.72. The number of benzene rings is 2. The summed E-state index contributed by atoms with van der Waals surface area (Å²) >= 11 is 0. The highest BCUT2D eigenvalue weighted by Gasteiger charge is 2.43. The summed E-state index contributed by atoms with van der Waals surface area (Å²) in [5.74, 6) is 0.724. The van der Waals surface area contributed by atoms with Gasteiger partial charge >= 0.3 is 6.18 Å². The number of hydrogen-bond donors (Lipinski definition) is 2. The maximum absolute atomic E-state index is 12.9. The molecule has 1 aliphatic heterocycles. The van der Waals surface area contributed by atoms with Crippen molar-refractivity contribution in [3.05, 3.63) is 60.6 Å². The predicted molar refractivity (Wildman–Crippen MR) is 110 cm³/mol. The first-order chi connectivity index (χ1) is 14.9. The van der Waals surface area contributed by atoms with Gasteiger partial charge in [0.1, 0.15) is 17.3 Å². The number of hydrogen-bond acceptors (Lipinski definition) is 4. The number of imidazole rings is 1. The number of nitrogens with zero attached hydrogens (tertiary/aromatic N) is 3. The minimum atomic E-state index is -4.13. The van der Waals surface area contributed by atoms with Crippen LogP contribution in [0.15, 0.2) is 54.7 Å². The number of rotatable bonds is 5. The molecule has 2 N–H and O–H groups in total. The molecular formula is C22H20F3N5O. The van der Waals surface area contributed by atoms with Gasteiger partial charge < -0.3 is 9.72 Å². The smallest absolute Gasteiger partial charge is 0.393 e. The van der Waals surface area contributed by atoms with E-state index in [-0.39, 0.29) is 13.0 Å². The summed E-state index contributed by atoms with van der Waals surface area (Å²) in [7, 11) is 0. The van der Waals surface area contributed by atoms with Crippen LogP contribution >= 0.6 is 0 Å². The van der Waals surface area contributed by atoms with Crippen molar-refractivity contribution >= 4 is 11.0 Å².